The Bertz CT molecular complexity index is 736. The van der Waals surface area contributed by atoms with E-state index in [2.05, 4.69) is 17.9 Å². The molecule has 0 aromatic rings. The van der Waals surface area contributed by atoms with E-state index >= 15 is 0 Å². The van der Waals surface area contributed by atoms with Crippen molar-refractivity contribution in [1.29, 1.82) is 0 Å². The van der Waals surface area contributed by atoms with Crippen LogP contribution >= 0.6 is 0 Å². The molecule has 2 aliphatic rings. The molecule has 10 nitrogen and oxygen atoms in total. The zero-order valence-electron chi connectivity index (χ0n) is 17.7. The zero-order chi connectivity index (χ0) is 23.7. The lowest BCUT2D eigenvalue weighted by atomic mass is 9.49. The summed E-state index contributed by atoms with van der Waals surface area (Å²) in [7, 11) is 1.11. The molecule has 0 radical (unpaired) electrons. The number of fused-ring (bicyclic) bond motifs is 1. The summed E-state index contributed by atoms with van der Waals surface area (Å²) >= 11 is 0. The summed E-state index contributed by atoms with van der Waals surface area (Å²) in [4.78, 5) is 24.7. The van der Waals surface area contributed by atoms with E-state index in [1.54, 1.807) is 6.92 Å². The summed E-state index contributed by atoms with van der Waals surface area (Å²) in [5, 5.41) is 61.6. The van der Waals surface area contributed by atoms with Gasteiger partial charge in [0.15, 0.2) is 0 Å². The average molecular weight is 444 g/mol. The van der Waals surface area contributed by atoms with E-state index in [4.69, 9.17) is 9.84 Å². The Kier molecular flexibility index (Phi) is 7.68. The smallest absolute Gasteiger partial charge is 0.336 e. The van der Waals surface area contributed by atoms with E-state index in [1.807, 2.05) is 0 Å². The number of hydrogen-bond acceptors (Lipinski definition) is 10. The Morgan fingerprint density at radius 3 is 2.32 bits per heavy atom. The van der Waals surface area contributed by atoms with Crippen molar-refractivity contribution in [2.75, 3.05) is 20.3 Å². The van der Waals surface area contributed by atoms with Crippen LogP contribution in [0, 0.1) is 17.3 Å². The van der Waals surface area contributed by atoms with Crippen LogP contribution in [0.3, 0.4) is 0 Å². The lowest BCUT2D eigenvalue weighted by Crippen LogP contribution is -2.68. The standard InChI is InChI=1S/C21H32O10/c1-10(12(24)8-22)19(28)31-13-7-20(3)14(25)5-6-21(29,9-23)17(20)16(26)15(13)11(2)18(27)30-4/h12-17,22-26,29H,1-2,5-9H2,3-4H3/t12-,13-,14+,15+,16+,17-,20+,21-/m0/s1. The second-order valence-electron chi connectivity index (χ2n) is 8.70. The minimum Gasteiger partial charge on any atom is -0.466 e. The highest BCUT2D eigenvalue weighted by atomic mass is 16.5. The quantitative estimate of drug-likeness (QED) is 0.199. The molecule has 10 heteroatoms. The molecular formula is C21H32O10. The monoisotopic (exact) mass is 444 g/mol. The van der Waals surface area contributed by atoms with Crippen LogP contribution in [-0.2, 0) is 19.1 Å². The van der Waals surface area contributed by atoms with E-state index in [0.717, 1.165) is 7.11 Å². The van der Waals surface area contributed by atoms with E-state index in [1.165, 1.54) is 0 Å². The predicted molar refractivity (Wildman–Crippen MR) is 106 cm³/mol. The Morgan fingerprint density at radius 2 is 1.81 bits per heavy atom. The van der Waals surface area contributed by atoms with Gasteiger partial charge in [-0.2, -0.15) is 0 Å². The van der Waals surface area contributed by atoms with Crippen LogP contribution in [0.1, 0.15) is 26.2 Å². The molecule has 0 aromatic heterocycles. The molecule has 2 saturated carbocycles. The molecule has 8 atom stereocenters. The molecule has 0 saturated heterocycles. The van der Waals surface area contributed by atoms with Crippen molar-refractivity contribution >= 4 is 11.9 Å². The summed E-state index contributed by atoms with van der Waals surface area (Å²) < 4.78 is 10.1. The lowest BCUT2D eigenvalue weighted by molar-refractivity contribution is -0.249. The van der Waals surface area contributed by atoms with Crippen molar-refractivity contribution in [3.05, 3.63) is 24.3 Å². The molecule has 0 spiro atoms. The second-order valence-corrected chi connectivity index (χ2v) is 8.70. The zero-order valence-corrected chi connectivity index (χ0v) is 17.7. The Labute approximate surface area is 180 Å². The van der Waals surface area contributed by atoms with Gasteiger partial charge in [0.2, 0.25) is 0 Å². The molecule has 6 N–H and O–H groups in total. The minimum atomic E-state index is -1.74. The first-order chi connectivity index (χ1) is 14.4. The third-order valence-corrected chi connectivity index (χ3v) is 6.87. The van der Waals surface area contributed by atoms with E-state index < -0.39 is 78.0 Å². The van der Waals surface area contributed by atoms with Crippen LogP contribution < -0.4 is 0 Å². The van der Waals surface area contributed by atoms with Gasteiger partial charge in [-0.25, -0.2) is 9.59 Å². The highest BCUT2D eigenvalue weighted by molar-refractivity contribution is 5.90. The highest BCUT2D eigenvalue weighted by Crippen LogP contribution is 2.57. The van der Waals surface area contributed by atoms with Crippen LogP contribution in [0.5, 0.6) is 0 Å². The fourth-order valence-corrected chi connectivity index (χ4v) is 5.10. The van der Waals surface area contributed by atoms with Crippen molar-refractivity contribution in [3.63, 3.8) is 0 Å². The van der Waals surface area contributed by atoms with Gasteiger partial charge in [0.25, 0.3) is 0 Å². The molecule has 31 heavy (non-hydrogen) atoms. The van der Waals surface area contributed by atoms with Crippen LogP contribution in [0.25, 0.3) is 0 Å². The summed E-state index contributed by atoms with van der Waals surface area (Å²) in [5.74, 6) is -4.23. The number of hydrogen-bond donors (Lipinski definition) is 6. The number of rotatable bonds is 7. The largest absolute Gasteiger partial charge is 0.466 e. The van der Waals surface area contributed by atoms with Crippen molar-refractivity contribution < 1.29 is 49.7 Å². The van der Waals surface area contributed by atoms with Gasteiger partial charge in [0, 0.05) is 16.9 Å². The van der Waals surface area contributed by atoms with Gasteiger partial charge in [0.05, 0.1) is 49.6 Å². The molecule has 2 aliphatic carbocycles. The first-order valence-corrected chi connectivity index (χ1v) is 10.0. The van der Waals surface area contributed by atoms with Crippen LogP contribution in [0.4, 0.5) is 0 Å². The predicted octanol–water partition coefficient (Wildman–Crippen LogP) is -1.58. The lowest BCUT2D eigenvalue weighted by Gasteiger charge is -2.60. The molecule has 2 rings (SSSR count). The summed E-state index contributed by atoms with van der Waals surface area (Å²) in [5.41, 5.74) is -3.58. The summed E-state index contributed by atoms with van der Waals surface area (Å²) in [6, 6.07) is 0. The maximum atomic E-state index is 12.5. The van der Waals surface area contributed by atoms with Gasteiger partial charge < -0.3 is 40.1 Å². The molecular weight excluding hydrogens is 412 g/mol. The molecule has 0 amide bonds. The normalized spacial score (nSPS) is 38.5. The summed E-state index contributed by atoms with van der Waals surface area (Å²) in [6.45, 7) is 7.21. The van der Waals surface area contributed by atoms with Crippen molar-refractivity contribution in [3.8, 4) is 0 Å². The maximum absolute atomic E-state index is 12.5. The van der Waals surface area contributed by atoms with Crippen molar-refractivity contribution in [2.24, 2.45) is 17.3 Å². The molecule has 0 heterocycles. The van der Waals surface area contributed by atoms with Gasteiger partial charge in [0.1, 0.15) is 12.2 Å². The Balaban J connectivity index is 2.50. The average Bonchev–Trinajstić information content (AvgIpc) is 2.74. The van der Waals surface area contributed by atoms with Gasteiger partial charge >= 0.3 is 11.9 Å². The van der Waals surface area contributed by atoms with Gasteiger partial charge in [-0.15, -0.1) is 0 Å². The van der Waals surface area contributed by atoms with Crippen LogP contribution in [-0.4, -0.2) is 92.9 Å². The van der Waals surface area contributed by atoms with Crippen molar-refractivity contribution in [2.45, 2.75) is 56.2 Å². The molecule has 0 unspecified atom stereocenters. The number of aliphatic hydroxyl groups excluding tert-OH is 5. The Hall–Kier alpha value is -1.82. The maximum Gasteiger partial charge on any atom is 0.336 e. The van der Waals surface area contributed by atoms with Gasteiger partial charge in [-0.05, 0) is 19.3 Å². The number of ether oxygens (including phenoxy) is 2. The molecule has 0 aliphatic heterocycles. The van der Waals surface area contributed by atoms with Gasteiger partial charge in [-0.1, -0.05) is 20.1 Å². The molecule has 176 valence electrons. The highest BCUT2D eigenvalue weighted by Gasteiger charge is 2.64. The third-order valence-electron chi connectivity index (χ3n) is 6.87. The second kappa shape index (κ2) is 9.35. The molecule has 2 fully saturated rings. The van der Waals surface area contributed by atoms with Crippen molar-refractivity contribution in [1.82, 2.24) is 0 Å². The number of carbonyl (C=O) groups excluding carboxylic acids is 2. The fraction of sp³-hybridized carbons (Fsp3) is 0.714. The number of esters is 2. The number of methoxy groups -OCH3 is 1. The van der Waals surface area contributed by atoms with E-state index in [0.29, 0.717) is 0 Å². The van der Waals surface area contributed by atoms with Crippen LogP contribution in [0.15, 0.2) is 24.3 Å². The first kappa shape index (κ1) is 25.4. The van der Waals surface area contributed by atoms with Crippen LogP contribution in [0.2, 0.25) is 0 Å². The first-order valence-electron chi connectivity index (χ1n) is 10.0. The fourth-order valence-electron chi connectivity index (χ4n) is 5.10. The Morgan fingerprint density at radius 1 is 1.19 bits per heavy atom. The topological polar surface area (TPSA) is 174 Å². The number of carbonyl (C=O) groups is 2. The SMILES string of the molecule is C=C(C(=O)OC)[C@H]1[C@@H](O)[C@@H]2[C@@](O)(CO)CC[C@@H](O)[C@@]2(C)C[C@@H]1OC(=O)C(=C)[C@@H](O)CO. The summed E-state index contributed by atoms with van der Waals surface area (Å²) in [6.07, 6.45) is -5.24. The van der Waals surface area contributed by atoms with E-state index in [9.17, 15) is 35.1 Å². The van der Waals surface area contributed by atoms with Gasteiger partial charge in [-0.3, -0.25) is 0 Å². The third kappa shape index (κ3) is 4.41. The van der Waals surface area contributed by atoms with E-state index in [-0.39, 0.29) is 24.8 Å². The molecule has 0 bridgehead atoms. The number of aliphatic hydroxyl groups is 6. The molecule has 0 aromatic carbocycles. The minimum absolute atomic E-state index is 0.0172.